The predicted octanol–water partition coefficient (Wildman–Crippen LogP) is 6.45. The first-order valence-corrected chi connectivity index (χ1v) is 7.21. The van der Waals surface area contributed by atoms with Crippen molar-refractivity contribution >= 4 is 43.1 Å². The number of halogens is 7. The molecule has 122 valence electrons. The summed E-state index contributed by atoms with van der Waals surface area (Å²) in [7, 11) is 0. The van der Waals surface area contributed by atoms with Crippen LogP contribution in [0.3, 0.4) is 0 Å². The maximum atomic E-state index is 13.2. The van der Waals surface area contributed by atoms with E-state index < -0.39 is 33.9 Å². The number of phenolic OH excluding ortho intramolecular Hbond substituents is 1. The van der Waals surface area contributed by atoms with Crippen molar-refractivity contribution in [2.45, 2.75) is 12.4 Å². The van der Waals surface area contributed by atoms with Gasteiger partial charge in [-0.3, -0.25) is 0 Å². The lowest BCUT2D eigenvalue weighted by atomic mass is 10.0. The van der Waals surface area contributed by atoms with Gasteiger partial charge in [0.25, 0.3) is 0 Å². The number of hydrogen-bond donors (Lipinski definition) is 1. The molecule has 1 N–H and O–H groups in total. The van der Waals surface area contributed by atoms with Gasteiger partial charge in [-0.2, -0.15) is 26.3 Å². The Balaban J connectivity index is 2.55. The van der Waals surface area contributed by atoms with E-state index in [0.29, 0.717) is 22.1 Å². The smallest absolute Gasteiger partial charge is 0.421 e. The van der Waals surface area contributed by atoms with E-state index in [0.717, 1.165) is 0 Å². The normalized spacial score (nSPS) is 13.2. The van der Waals surface area contributed by atoms with E-state index in [1.165, 1.54) is 18.2 Å². The summed E-state index contributed by atoms with van der Waals surface area (Å²) in [6.45, 7) is 0. The van der Waals surface area contributed by atoms with Gasteiger partial charge >= 0.3 is 12.4 Å². The number of thiophene rings is 1. The molecule has 1 heterocycles. The molecule has 0 aliphatic rings. The quantitative estimate of drug-likeness (QED) is 0.451. The maximum absolute atomic E-state index is 13.2. The van der Waals surface area contributed by atoms with Gasteiger partial charge in [0.1, 0.15) is 11.3 Å². The Labute approximate surface area is 133 Å². The Morgan fingerprint density at radius 2 is 1.57 bits per heavy atom. The molecule has 0 unspecified atom stereocenters. The minimum atomic E-state index is -5.13. The molecular formula is C14H5ClF6OS. The van der Waals surface area contributed by atoms with E-state index in [2.05, 4.69) is 0 Å². The molecule has 3 aromatic rings. The van der Waals surface area contributed by atoms with E-state index in [1.54, 1.807) is 0 Å². The fourth-order valence-corrected chi connectivity index (χ4v) is 3.88. The van der Waals surface area contributed by atoms with E-state index in [1.807, 2.05) is 0 Å². The van der Waals surface area contributed by atoms with Crippen LogP contribution in [0.15, 0.2) is 24.3 Å². The third-order valence-electron chi connectivity index (χ3n) is 3.29. The Bertz CT molecular complexity index is 925. The van der Waals surface area contributed by atoms with Crippen LogP contribution in [0.5, 0.6) is 5.75 Å². The zero-order valence-corrected chi connectivity index (χ0v) is 12.4. The van der Waals surface area contributed by atoms with Crippen LogP contribution in [0.2, 0.25) is 5.02 Å². The molecule has 23 heavy (non-hydrogen) atoms. The van der Waals surface area contributed by atoms with Crippen LogP contribution in [0.4, 0.5) is 26.3 Å². The highest BCUT2D eigenvalue weighted by Gasteiger charge is 2.43. The first-order valence-electron chi connectivity index (χ1n) is 6.02. The van der Waals surface area contributed by atoms with Crippen molar-refractivity contribution < 1.29 is 31.4 Å². The van der Waals surface area contributed by atoms with Crippen LogP contribution in [-0.2, 0) is 12.4 Å². The lowest BCUT2D eigenvalue weighted by Gasteiger charge is -2.15. The Morgan fingerprint density at radius 3 is 2.13 bits per heavy atom. The van der Waals surface area contributed by atoms with Crippen molar-refractivity contribution in [3.05, 3.63) is 40.4 Å². The highest BCUT2D eigenvalue weighted by molar-refractivity contribution is 7.26. The highest BCUT2D eigenvalue weighted by Crippen LogP contribution is 2.51. The summed E-state index contributed by atoms with van der Waals surface area (Å²) in [5.41, 5.74) is -3.40. The third kappa shape index (κ3) is 2.59. The van der Waals surface area contributed by atoms with E-state index in [-0.39, 0.29) is 15.8 Å². The largest absolute Gasteiger partial charge is 0.507 e. The van der Waals surface area contributed by atoms with Crippen LogP contribution >= 0.6 is 22.9 Å². The summed E-state index contributed by atoms with van der Waals surface area (Å²) in [6.07, 6.45) is -10.2. The average molecular weight is 371 g/mol. The first kappa shape index (κ1) is 16.2. The van der Waals surface area contributed by atoms with Gasteiger partial charge in [-0.15, -0.1) is 11.3 Å². The number of aromatic hydroxyl groups is 1. The number of rotatable bonds is 0. The SMILES string of the molecule is Oc1c(C(F)(F)F)cc2c(sc3cc(Cl)ccc32)c1C(F)(F)F. The Kier molecular flexibility index (Phi) is 3.46. The van der Waals surface area contributed by atoms with Crippen molar-refractivity contribution in [1.82, 2.24) is 0 Å². The topological polar surface area (TPSA) is 20.2 Å². The monoisotopic (exact) mass is 370 g/mol. The van der Waals surface area contributed by atoms with Gasteiger partial charge in [-0.25, -0.2) is 0 Å². The third-order valence-corrected chi connectivity index (χ3v) is 4.71. The van der Waals surface area contributed by atoms with Crippen LogP contribution in [0.25, 0.3) is 20.2 Å². The molecule has 0 aliphatic carbocycles. The summed E-state index contributed by atoms with van der Waals surface area (Å²) in [4.78, 5) is 0. The van der Waals surface area contributed by atoms with E-state index in [9.17, 15) is 31.4 Å². The predicted molar refractivity (Wildman–Crippen MR) is 76.0 cm³/mol. The molecule has 0 spiro atoms. The van der Waals surface area contributed by atoms with Gasteiger partial charge in [-0.05, 0) is 18.2 Å². The van der Waals surface area contributed by atoms with Gasteiger partial charge in [0.05, 0.1) is 10.3 Å². The lowest BCUT2D eigenvalue weighted by Crippen LogP contribution is -2.11. The summed E-state index contributed by atoms with van der Waals surface area (Å²) >= 11 is 6.40. The highest BCUT2D eigenvalue weighted by atomic mass is 35.5. The zero-order chi connectivity index (χ0) is 17.2. The molecule has 3 rings (SSSR count). The number of hydrogen-bond acceptors (Lipinski definition) is 2. The number of phenols is 1. The molecule has 1 nitrogen and oxygen atoms in total. The van der Waals surface area contributed by atoms with Crippen LogP contribution < -0.4 is 0 Å². The maximum Gasteiger partial charge on any atom is 0.421 e. The number of fused-ring (bicyclic) bond motifs is 3. The standard InChI is InChI=1S/C14H5ClF6OS/c15-5-1-2-6-7-4-8(13(16,17)18)11(22)10(14(19,20)21)12(7)23-9(6)3-5/h1-4,22H. The van der Waals surface area contributed by atoms with Crippen molar-refractivity contribution in [2.24, 2.45) is 0 Å². The van der Waals surface area contributed by atoms with E-state index >= 15 is 0 Å². The minimum Gasteiger partial charge on any atom is -0.507 e. The van der Waals surface area contributed by atoms with Crippen molar-refractivity contribution in [2.75, 3.05) is 0 Å². The molecule has 2 aromatic carbocycles. The molecule has 0 bridgehead atoms. The summed E-state index contributed by atoms with van der Waals surface area (Å²) < 4.78 is 78.4. The number of alkyl halides is 6. The lowest BCUT2D eigenvalue weighted by molar-refractivity contribution is -0.144. The summed E-state index contributed by atoms with van der Waals surface area (Å²) in [5, 5.41) is 9.82. The second kappa shape index (κ2) is 4.91. The fraction of sp³-hybridized carbons (Fsp3) is 0.143. The molecular weight excluding hydrogens is 366 g/mol. The Morgan fingerprint density at radius 1 is 0.913 bits per heavy atom. The molecule has 0 saturated carbocycles. The molecule has 0 saturated heterocycles. The molecule has 0 radical (unpaired) electrons. The minimum absolute atomic E-state index is 0.213. The molecule has 0 fully saturated rings. The molecule has 9 heteroatoms. The Hall–Kier alpha value is -1.67. The average Bonchev–Trinajstić information content (AvgIpc) is 2.71. The van der Waals surface area contributed by atoms with Crippen LogP contribution in [0, 0.1) is 0 Å². The second-order valence-electron chi connectivity index (χ2n) is 4.76. The van der Waals surface area contributed by atoms with Gasteiger partial charge in [0.2, 0.25) is 0 Å². The second-order valence-corrected chi connectivity index (χ2v) is 6.25. The van der Waals surface area contributed by atoms with Crippen molar-refractivity contribution in [3.63, 3.8) is 0 Å². The van der Waals surface area contributed by atoms with E-state index in [4.69, 9.17) is 11.6 Å². The fourth-order valence-electron chi connectivity index (χ4n) is 2.35. The van der Waals surface area contributed by atoms with Crippen molar-refractivity contribution in [3.8, 4) is 5.75 Å². The molecule has 0 atom stereocenters. The number of benzene rings is 2. The zero-order valence-electron chi connectivity index (χ0n) is 10.8. The van der Waals surface area contributed by atoms with Crippen LogP contribution in [-0.4, -0.2) is 5.11 Å². The van der Waals surface area contributed by atoms with Gasteiger partial charge in [-0.1, -0.05) is 17.7 Å². The van der Waals surface area contributed by atoms with Gasteiger partial charge < -0.3 is 5.11 Å². The molecule has 1 aromatic heterocycles. The van der Waals surface area contributed by atoms with Gasteiger partial charge in [0, 0.05) is 20.5 Å². The van der Waals surface area contributed by atoms with Crippen LogP contribution in [0.1, 0.15) is 11.1 Å². The molecule has 0 aliphatic heterocycles. The van der Waals surface area contributed by atoms with Crippen molar-refractivity contribution in [1.29, 1.82) is 0 Å². The summed E-state index contributed by atoms with van der Waals surface area (Å²) in [6, 6.07) is 4.63. The first-order chi connectivity index (χ1) is 10.5. The van der Waals surface area contributed by atoms with Gasteiger partial charge in [0.15, 0.2) is 0 Å². The molecule has 0 amide bonds. The summed E-state index contributed by atoms with van der Waals surface area (Å²) in [5.74, 6) is -1.81.